The van der Waals surface area contributed by atoms with Gasteiger partial charge in [-0.2, -0.15) is 0 Å². The van der Waals surface area contributed by atoms with Gasteiger partial charge in [0.2, 0.25) is 0 Å². The van der Waals surface area contributed by atoms with Gasteiger partial charge in [0.05, 0.1) is 0 Å². The van der Waals surface area contributed by atoms with Gasteiger partial charge < -0.3 is 24.8 Å². The van der Waals surface area contributed by atoms with E-state index in [0.29, 0.717) is 0 Å². The van der Waals surface area contributed by atoms with E-state index < -0.39 is 0 Å². The number of hydrogen-bond donors (Lipinski definition) is 0. The maximum absolute atomic E-state index is 0. The first-order valence-corrected chi connectivity index (χ1v) is 0. The molecule has 0 heterocycles. The monoisotopic (exact) mass is 174 g/mol. The summed E-state index contributed by atoms with van der Waals surface area (Å²) in [4.78, 5) is 0. The maximum Gasteiger partial charge on any atom is 2.00 e. The summed E-state index contributed by atoms with van der Waals surface area (Å²) in [6, 6.07) is 0. The first kappa shape index (κ1) is 40.7. The fraction of sp³-hybridized carbons (Fsp3) is 0. The quantitative estimate of drug-likeness (QED) is 0.323. The smallest absolute Gasteiger partial charge is 1.00 e. The Hall–Kier alpha value is 1.83. The summed E-state index contributed by atoms with van der Waals surface area (Å²) in [5.74, 6) is 0. The van der Waals surface area contributed by atoms with E-state index >= 15 is 0 Å². The third-order valence-electron chi connectivity index (χ3n) is 0. The van der Waals surface area contributed by atoms with Crippen LogP contribution in [0.5, 0.6) is 0 Å². The van der Waals surface area contributed by atoms with Crippen molar-refractivity contribution in [2.24, 2.45) is 0 Å². The van der Waals surface area contributed by atoms with Crippen molar-refractivity contribution in [2.75, 3.05) is 0 Å². The van der Waals surface area contributed by atoms with E-state index in [1.54, 1.807) is 0 Å². The Bertz CT molecular complexity index is 6.00. The minimum Gasteiger partial charge on any atom is -1.00 e. The predicted octanol–water partition coefficient (Wildman–Crippen LogP) is -5.79. The van der Waals surface area contributed by atoms with Crippen molar-refractivity contribution < 1.29 is 24.8 Å². The molecule has 0 spiro atoms. The zero-order valence-electron chi connectivity index (χ0n) is 1.87. The van der Waals surface area contributed by atoms with Gasteiger partial charge >= 0.3 is 23.1 Å². The van der Waals surface area contributed by atoms with Crippen LogP contribution >= 0.6 is 17.0 Å². The Morgan fingerprint density at radius 2 is 0.750 bits per heavy atom. The molecule has 0 aliphatic rings. The van der Waals surface area contributed by atoms with Crippen LogP contribution in [-0.4, -0.2) is 23.1 Å². The van der Waals surface area contributed by atoms with E-state index in [1.165, 1.54) is 0 Å². The van der Waals surface area contributed by atoms with Crippen LogP contribution in [0, 0.1) is 0 Å². The summed E-state index contributed by atoms with van der Waals surface area (Å²) in [5.41, 5.74) is 0. The number of rotatable bonds is 0. The van der Waals surface area contributed by atoms with Gasteiger partial charge in [-0.25, -0.2) is 0 Å². The normalized spacial score (nSPS) is 0. The molecule has 0 rings (SSSR count). The van der Waals surface area contributed by atoms with Gasteiger partial charge in [0.25, 0.3) is 0 Å². The molecule has 0 saturated heterocycles. The second kappa shape index (κ2) is 21.2. The van der Waals surface area contributed by atoms with E-state index in [9.17, 15) is 0 Å². The van der Waals surface area contributed by atoms with Crippen molar-refractivity contribution in [1.29, 1.82) is 0 Å². The van der Waals surface area contributed by atoms with E-state index in [0.717, 1.165) is 0 Å². The summed E-state index contributed by atoms with van der Waals surface area (Å²) in [5, 5.41) is 0. The minimum atomic E-state index is 0. The van der Waals surface area contributed by atoms with Crippen molar-refractivity contribution >= 4 is 40.0 Å². The van der Waals surface area contributed by atoms with Crippen LogP contribution < -0.4 is 24.8 Å². The van der Waals surface area contributed by atoms with Gasteiger partial charge in [0.15, 0.2) is 0 Å². The topological polar surface area (TPSA) is 0 Å². The molecule has 4 heteroatoms. The molecule has 0 fully saturated rings. The van der Waals surface area contributed by atoms with Crippen LogP contribution in [0.25, 0.3) is 0 Å². The molecule has 4 heavy (non-hydrogen) atoms. The van der Waals surface area contributed by atoms with Crippen molar-refractivity contribution in [3.8, 4) is 0 Å². The van der Waals surface area contributed by atoms with Gasteiger partial charge in [-0.15, -0.1) is 17.0 Å². The molecule has 0 aromatic heterocycles. The fourth-order valence-electron chi connectivity index (χ4n) is 0. The van der Waals surface area contributed by atoms with Crippen LogP contribution in [0.4, 0.5) is 0 Å². The van der Waals surface area contributed by atoms with Gasteiger partial charge in [0.1, 0.15) is 0 Å². The Morgan fingerprint density at radius 1 is 0.750 bits per heavy atom. The van der Waals surface area contributed by atoms with Gasteiger partial charge in [-0.05, 0) is 0 Å². The summed E-state index contributed by atoms with van der Waals surface area (Å²) >= 11 is 0. The molecular weight excluding hydrogens is 175 g/mol. The van der Waals surface area contributed by atoms with Gasteiger partial charge in [0, 0.05) is 0 Å². The molecule has 0 amide bonds. The third-order valence-corrected chi connectivity index (χ3v) is 0. The van der Waals surface area contributed by atoms with Gasteiger partial charge in [-0.1, -0.05) is 0 Å². The van der Waals surface area contributed by atoms with Crippen molar-refractivity contribution in [3.05, 3.63) is 0 Å². The van der Waals surface area contributed by atoms with Crippen LogP contribution in [0.2, 0.25) is 0 Å². The Morgan fingerprint density at radius 3 is 0.750 bits per heavy atom. The van der Waals surface area contributed by atoms with E-state index in [1.807, 2.05) is 0 Å². The second-order valence-electron chi connectivity index (χ2n) is 0. The molecule has 0 unspecified atom stereocenters. The summed E-state index contributed by atoms with van der Waals surface area (Å²) in [6.45, 7) is 0. The van der Waals surface area contributed by atoms with E-state index in [2.05, 4.69) is 0 Å². The zero-order chi connectivity index (χ0) is 0. The molecule has 0 nitrogen and oxygen atoms in total. The minimum absolute atomic E-state index is 0. The summed E-state index contributed by atoms with van der Waals surface area (Å²) in [7, 11) is 0. The SMILES string of the molecule is Br.[Cl-].[Cl-].[Mg+2]. The molecule has 0 aliphatic heterocycles. The van der Waals surface area contributed by atoms with Gasteiger partial charge in [-0.3, -0.25) is 0 Å². The van der Waals surface area contributed by atoms with Crippen LogP contribution in [0.15, 0.2) is 0 Å². The first-order chi connectivity index (χ1) is 0. The summed E-state index contributed by atoms with van der Waals surface area (Å²) < 4.78 is 0. The molecule has 0 aliphatic carbocycles. The Balaban J connectivity index is 0. The third kappa shape index (κ3) is 9.16. The van der Waals surface area contributed by atoms with E-state index in [-0.39, 0.29) is 64.8 Å². The maximum atomic E-state index is 0. The van der Waals surface area contributed by atoms with E-state index in [4.69, 9.17) is 0 Å². The van der Waals surface area contributed by atoms with Crippen molar-refractivity contribution in [2.45, 2.75) is 0 Å². The standard InChI is InChI=1S/BrH.2ClH.Mg/h3*1H;/q;;;+2/p-2. The number of hydrogen-bond acceptors (Lipinski definition) is 0. The van der Waals surface area contributed by atoms with Crippen molar-refractivity contribution in [1.82, 2.24) is 0 Å². The van der Waals surface area contributed by atoms with Crippen LogP contribution in [0.3, 0.4) is 0 Å². The number of halogens is 3. The molecule has 0 radical (unpaired) electrons. The molecule has 0 bridgehead atoms. The van der Waals surface area contributed by atoms with Crippen molar-refractivity contribution in [3.63, 3.8) is 0 Å². The largest absolute Gasteiger partial charge is 2.00 e. The van der Waals surface area contributed by atoms with Crippen LogP contribution in [0.1, 0.15) is 0 Å². The molecule has 0 N–H and O–H groups in total. The molecule has 0 aromatic carbocycles. The zero-order valence-corrected chi connectivity index (χ0v) is 6.51. The summed E-state index contributed by atoms with van der Waals surface area (Å²) in [6.07, 6.45) is 0. The average Bonchev–Trinajstić information content (AvgIpc) is 0. The van der Waals surface area contributed by atoms with Crippen LogP contribution in [-0.2, 0) is 0 Å². The first-order valence-electron chi connectivity index (χ1n) is 0. The average molecular weight is 176 g/mol. The Kier molecular flexibility index (Phi) is 216. The second-order valence-corrected chi connectivity index (χ2v) is 0. The molecular formula is HBrCl2Mg. The molecule has 0 saturated carbocycles. The fourth-order valence-corrected chi connectivity index (χ4v) is 0. The predicted molar refractivity (Wildman–Crippen MR) is 16.1 cm³/mol. The molecule has 0 aromatic rings. The molecule has 24 valence electrons. The Labute approximate surface area is 64.5 Å². The molecule has 0 atom stereocenters.